The van der Waals surface area contributed by atoms with Crippen molar-refractivity contribution >= 4 is 5.97 Å². The van der Waals surface area contributed by atoms with Crippen molar-refractivity contribution in [3.63, 3.8) is 0 Å². The average molecular weight is 257 g/mol. The summed E-state index contributed by atoms with van der Waals surface area (Å²) in [6.07, 6.45) is 0.945. The maximum absolute atomic E-state index is 11.0. The minimum absolute atomic E-state index is 0.131. The van der Waals surface area contributed by atoms with E-state index in [0.717, 1.165) is 13.0 Å². The number of carboxylic acid groups (broad SMARTS) is 1. The van der Waals surface area contributed by atoms with Gasteiger partial charge in [0.15, 0.2) is 0 Å². The summed E-state index contributed by atoms with van der Waals surface area (Å²) in [7, 11) is 0. The van der Waals surface area contributed by atoms with Crippen LogP contribution < -0.4 is 0 Å². The van der Waals surface area contributed by atoms with Gasteiger partial charge in [-0.2, -0.15) is 0 Å². The molecule has 1 aliphatic rings. The van der Waals surface area contributed by atoms with E-state index in [1.54, 1.807) is 6.92 Å². The molecular formula is C14H27NO3. The summed E-state index contributed by atoms with van der Waals surface area (Å²) in [5.74, 6) is -1.08. The number of rotatable bonds is 5. The van der Waals surface area contributed by atoms with Crippen LogP contribution in [0.4, 0.5) is 0 Å². The second-order valence-corrected chi connectivity index (χ2v) is 6.51. The molecule has 1 aliphatic heterocycles. The molecule has 0 aliphatic carbocycles. The summed E-state index contributed by atoms with van der Waals surface area (Å²) >= 11 is 0. The number of carboxylic acids is 1. The first-order valence-electron chi connectivity index (χ1n) is 6.76. The third-order valence-corrected chi connectivity index (χ3v) is 3.80. The van der Waals surface area contributed by atoms with Gasteiger partial charge in [-0.1, -0.05) is 13.8 Å². The molecule has 0 aromatic carbocycles. The molecule has 4 heteroatoms. The summed E-state index contributed by atoms with van der Waals surface area (Å²) in [4.78, 5) is 13.2. The van der Waals surface area contributed by atoms with Crippen LogP contribution in [-0.4, -0.2) is 46.3 Å². The Morgan fingerprint density at radius 1 is 1.44 bits per heavy atom. The smallest absolute Gasteiger partial charge is 0.307 e. The van der Waals surface area contributed by atoms with Crippen LogP contribution in [0.1, 0.15) is 48.0 Å². The molecule has 1 N–H and O–H groups in total. The molecule has 18 heavy (non-hydrogen) atoms. The number of nitrogens with zero attached hydrogens (tertiary/aromatic N) is 1. The van der Waals surface area contributed by atoms with E-state index in [9.17, 15) is 4.79 Å². The zero-order valence-corrected chi connectivity index (χ0v) is 12.5. The lowest BCUT2D eigenvalue weighted by Crippen LogP contribution is -2.48. The van der Waals surface area contributed by atoms with Crippen molar-refractivity contribution in [3.05, 3.63) is 0 Å². The Bertz CT molecular complexity index is 312. The van der Waals surface area contributed by atoms with Crippen LogP contribution in [0.3, 0.4) is 0 Å². The van der Waals surface area contributed by atoms with E-state index < -0.39 is 5.97 Å². The van der Waals surface area contributed by atoms with Crippen molar-refractivity contribution in [3.8, 4) is 0 Å². The zero-order valence-electron chi connectivity index (χ0n) is 12.5. The summed E-state index contributed by atoms with van der Waals surface area (Å²) in [5.41, 5.74) is -0.355. The van der Waals surface area contributed by atoms with E-state index in [1.807, 2.05) is 0 Å². The molecule has 0 saturated carbocycles. The Kier molecular flexibility index (Phi) is 4.44. The van der Waals surface area contributed by atoms with Crippen LogP contribution in [-0.2, 0) is 9.53 Å². The predicted molar refractivity (Wildman–Crippen MR) is 71.7 cm³/mol. The van der Waals surface area contributed by atoms with E-state index >= 15 is 0 Å². The first kappa shape index (κ1) is 15.4. The lowest BCUT2D eigenvalue weighted by atomic mass is 9.92. The van der Waals surface area contributed by atoms with Crippen LogP contribution in [0.5, 0.6) is 0 Å². The highest BCUT2D eigenvalue weighted by atomic mass is 16.5. The topological polar surface area (TPSA) is 49.8 Å². The minimum atomic E-state index is -0.732. The zero-order chi connectivity index (χ0) is 14.1. The van der Waals surface area contributed by atoms with Gasteiger partial charge >= 0.3 is 5.97 Å². The summed E-state index contributed by atoms with van der Waals surface area (Å²) in [5, 5.41) is 9.04. The molecule has 4 nitrogen and oxygen atoms in total. The van der Waals surface area contributed by atoms with Crippen molar-refractivity contribution in [2.24, 2.45) is 5.92 Å². The second-order valence-electron chi connectivity index (χ2n) is 6.51. The maximum Gasteiger partial charge on any atom is 0.307 e. The lowest BCUT2D eigenvalue weighted by molar-refractivity contribution is -0.142. The van der Waals surface area contributed by atoms with E-state index in [0.29, 0.717) is 6.54 Å². The van der Waals surface area contributed by atoms with E-state index in [1.165, 1.54) is 0 Å². The molecule has 0 spiro atoms. The van der Waals surface area contributed by atoms with Gasteiger partial charge in [0.25, 0.3) is 0 Å². The SMILES string of the molecule is CCN(CC(C)C(=O)O)C1CC(C)(C)OC1(C)C. The van der Waals surface area contributed by atoms with Crippen LogP contribution in [0, 0.1) is 5.92 Å². The van der Waals surface area contributed by atoms with E-state index in [-0.39, 0.29) is 23.2 Å². The normalized spacial score (nSPS) is 27.4. The van der Waals surface area contributed by atoms with Crippen molar-refractivity contribution in [1.82, 2.24) is 4.90 Å². The van der Waals surface area contributed by atoms with Gasteiger partial charge < -0.3 is 9.84 Å². The van der Waals surface area contributed by atoms with Crippen molar-refractivity contribution in [2.75, 3.05) is 13.1 Å². The largest absolute Gasteiger partial charge is 0.481 e. The molecule has 1 saturated heterocycles. The molecule has 0 aromatic rings. The Morgan fingerprint density at radius 2 is 2.00 bits per heavy atom. The fraction of sp³-hybridized carbons (Fsp3) is 0.929. The number of hydrogen-bond acceptors (Lipinski definition) is 3. The Labute approximate surface area is 110 Å². The first-order chi connectivity index (χ1) is 8.09. The highest BCUT2D eigenvalue weighted by Crippen LogP contribution is 2.40. The number of ether oxygens (including phenoxy) is 1. The van der Waals surface area contributed by atoms with Gasteiger partial charge in [0.1, 0.15) is 0 Å². The number of aliphatic carboxylic acids is 1. The van der Waals surface area contributed by atoms with Crippen LogP contribution >= 0.6 is 0 Å². The summed E-state index contributed by atoms with van der Waals surface area (Å²) in [6, 6.07) is 0.277. The van der Waals surface area contributed by atoms with Crippen molar-refractivity contribution in [2.45, 2.75) is 65.2 Å². The van der Waals surface area contributed by atoms with Gasteiger partial charge in [-0.25, -0.2) is 0 Å². The van der Waals surface area contributed by atoms with Crippen molar-refractivity contribution < 1.29 is 14.6 Å². The van der Waals surface area contributed by atoms with Gasteiger partial charge in [0.2, 0.25) is 0 Å². The minimum Gasteiger partial charge on any atom is -0.481 e. The fourth-order valence-corrected chi connectivity index (χ4v) is 3.01. The number of hydrogen-bond donors (Lipinski definition) is 1. The molecular weight excluding hydrogens is 230 g/mol. The second kappa shape index (κ2) is 5.17. The first-order valence-corrected chi connectivity index (χ1v) is 6.76. The lowest BCUT2D eigenvalue weighted by Gasteiger charge is -2.36. The molecule has 1 rings (SSSR count). The molecule has 1 heterocycles. The Hall–Kier alpha value is -0.610. The number of likely N-dealkylation sites (N-methyl/N-ethyl adjacent to an activating group) is 1. The Balaban J connectivity index is 2.79. The van der Waals surface area contributed by atoms with Gasteiger partial charge in [0.05, 0.1) is 17.1 Å². The Morgan fingerprint density at radius 3 is 2.33 bits per heavy atom. The van der Waals surface area contributed by atoms with Crippen LogP contribution in [0.15, 0.2) is 0 Å². The quantitative estimate of drug-likeness (QED) is 0.821. The van der Waals surface area contributed by atoms with Gasteiger partial charge in [-0.3, -0.25) is 9.69 Å². The molecule has 0 radical (unpaired) electrons. The fourth-order valence-electron chi connectivity index (χ4n) is 3.01. The van der Waals surface area contributed by atoms with Crippen molar-refractivity contribution in [1.29, 1.82) is 0 Å². The van der Waals surface area contributed by atoms with E-state index in [4.69, 9.17) is 9.84 Å². The third-order valence-electron chi connectivity index (χ3n) is 3.80. The van der Waals surface area contributed by atoms with Gasteiger partial charge in [-0.15, -0.1) is 0 Å². The maximum atomic E-state index is 11.0. The molecule has 2 atom stereocenters. The summed E-state index contributed by atoms with van der Waals surface area (Å²) in [6.45, 7) is 13.7. The summed E-state index contributed by atoms with van der Waals surface area (Å²) < 4.78 is 6.08. The van der Waals surface area contributed by atoms with Gasteiger partial charge in [-0.05, 0) is 40.7 Å². The van der Waals surface area contributed by atoms with Gasteiger partial charge in [0, 0.05) is 12.6 Å². The molecule has 2 unspecified atom stereocenters. The molecule has 106 valence electrons. The third kappa shape index (κ3) is 3.45. The highest BCUT2D eigenvalue weighted by Gasteiger charge is 2.48. The molecule has 0 bridgehead atoms. The molecule has 0 aromatic heterocycles. The van der Waals surface area contributed by atoms with Crippen LogP contribution in [0.2, 0.25) is 0 Å². The molecule has 0 amide bonds. The predicted octanol–water partition coefficient (Wildman–Crippen LogP) is 2.38. The highest BCUT2D eigenvalue weighted by molar-refractivity contribution is 5.69. The number of carbonyl (C=O) groups is 1. The standard InChI is InChI=1S/C14H27NO3/c1-7-15(9-10(2)12(16)17)11-8-13(3,4)18-14(11,5)6/h10-11H,7-9H2,1-6H3,(H,16,17). The van der Waals surface area contributed by atoms with E-state index in [2.05, 4.69) is 39.5 Å². The van der Waals surface area contributed by atoms with Crippen LogP contribution in [0.25, 0.3) is 0 Å². The monoisotopic (exact) mass is 257 g/mol. The molecule has 1 fully saturated rings. The average Bonchev–Trinajstić information content (AvgIpc) is 2.42.